The van der Waals surface area contributed by atoms with Crippen LogP contribution in [0.4, 0.5) is 0 Å². The number of aromatic nitrogens is 3. The molecular weight excluding hydrogens is 470 g/mol. The average molecular weight is 497 g/mol. The van der Waals surface area contributed by atoms with Crippen LogP contribution in [0, 0.1) is 0 Å². The van der Waals surface area contributed by atoms with Crippen molar-refractivity contribution >= 4 is 34.3 Å². The SMILES string of the molecule is [2H]C([2H])([2H])Oc1ncc(-c2ccc3c(C(=O)NC)n[nH]c3c2)cc1C(=O)NCC[C@H](O)c1ccc(Cl)cc1. The monoisotopic (exact) mass is 496 g/mol. The van der Waals surface area contributed by atoms with Gasteiger partial charge in [-0.05, 0) is 47.9 Å². The van der Waals surface area contributed by atoms with Crippen molar-refractivity contribution in [2.75, 3.05) is 20.6 Å². The summed E-state index contributed by atoms with van der Waals surface area (Å²) in [5, 5.41) is 23.6. The van der Waals surface area contributed by atoms with Gasteiger partial charge < -0.3 is 20.5 Å². The van der Waals surface area contributed by atoms with Gasteiger partial charge in [0.2, 0.25) is 5.88 Å². The molecule has 0 fully saturated rings. The number of halogens is 1. The van der Waals surface area contributed by atoms with Gasteiger partial charge in [0, 0.05) is 35.8 Å². The molecule has 0 unspecified atom stereocenters. The van der Waals surface area contributed by atoms with E-state index in [1.807, 2.05) is 0 Å². The summed E-state index contributed by atoms with van der Waals surface area (Å²) in [6, 6.07) is 13.4. The van der Waals surface area contributed by atoms with Crippen LogP contribution in [0.5, 0.6) is 5.88 Å². The second kappa shape index (κ2) is 10.5. The first-order valence-electron chi connectivity index (χ1n) is 12.2. The van der Waals surface area contributed by atoms with Gasteiger partial charge in [-0.25, -0.2) is 4.98 Å². The van der Waals surface area contributed by atoms with Crippen molar-refractivity contribution in [2.24, 2.45) is 0 Å². The number of amides is 2. The summed E-state index contributed by atoms with van der Waals surface area (Å²) in [5.74, 6) is -1.31. The Hall–Kier alpha value is -3.95. The van der Waals surface area contributed by atoms with Crippen molar-refractivity contribution in [1.29, 1.82) is 0 Å². The Balaban J connectivity index is 1.57. The molecule has 0 saturated carbocycles. The summed E-state index contributed by atoms with van der Waals surface area (Å²) >= 11 is 5.88. The molecule has 2 aromatic carbocycles. The number of rotatable bonds is 8. The van der Waals surface area contributed by atoms with Crippen LogP contribution in [0.3, 0.4) is 0 Å². The Morgan fingerprint density at radius 3 is 2.71 bits per heavy atom. The Labute approximate surface area is 210 Å². The lowest BCUT2D eigenvalue weighted by Gasteiger charge is -2.13. The summed E-state index contributed by atoms with van der Waals surface area (Å²) in [6.45, 7) is 0.0996. The number of nitrogens with zero attached hydrogens (tertiary/aromatic N) is 2. The molecule has 10 heteroatoms. The van der Waals surface area contributed by atoms with E-state index in [1.54, 1.807) is 42.5 Å². The Morgan fingerprint density at radius 1 is 1.17 bits per heavy atom. The van der Waals surface area contributed by atoms with Crippen LogP contribution in [-0.4, -0.2) is 52.7 Å². The Morgan fingerprint density at radius 2 is 1.97 bits per heavy atom. The quantitative estimate of drug-likeness (QED) is 0.295. The molecule has 2 heterocycles. The van der Waals surface area contributed by atoms with Crippen LogP contribution < -0.4 is 15.4 Å². The molecule has 9 nitrogen and oxygen atoms in total. The molecule has 180 valence electrons. The lowest BCUT2D eigenvalue weighted by Crippen LogP contribution is -2.26. The van der Waals surface area contributed by atoms with Gasteiger partial charge >= 0.3 is 0 Å². The highest BCUT2D eigenvalue weighted by Crippen LogP contribution is 2.28. The number of carbonyl (C=O) groups is 2. The molecular formula is C25H24ClN5O4. The van der Waals surface area contributed by atoms with Crippen LogP contribution in [0.25, 0.3) is 22.0 Å². The minimum absolute atomic E-state index is 0.0876. The third-order valence-electron chi connectivity index (χ3n) is 5.49. The number of hydrogen-bond acceptors (Lipinski definition) is 6. The molecule has 0 radical (unpaired) electrons. The lowest BCUT2D eigenvalue weighted by atomic mass is 10.0. The van der Waals surface area contributed by atoms with E-state index in [-0.39, 0.29) is 36.0 Å². The molecule has 35 heavy (non-hydrogen) atoms. The number of pyridine rings is 1. The van der Waals surface area contributed by atoms with Gasteiger partial charge in [-0.2, -0.15) is 5.10 Å². The molecule has 4 aromatic rings. The predicted octanol–water partition coefficient (Wildman–Crippen LogP) is 3.50. The third kappa shape index (κ3) is 5.26. The molecule has 0 bridgehead atoms. The molecule has 4 N–H and O–H groups in total. The van der Waals surface area contributed by atoms with E-state index in [0.717, 1.165) is 0 Å². The van der Waals surface area contributed by atoms with Crippen molar-refractivity contribution in [3.05, 3.63) is 76.6 Å². The van der Waals surface area contributed by atoms with Gasteiger partial charge in [-0.3, -0.25) is 14.7 Å². The number of methoxy groups -OCH3 is 1. The first-order chi connectivity index (χ1) is 18.1. The predicted molar refractivity (Wildman–Crippen MR) is 133 cm³/mol. The van der Waals surface area contributed by atoms with Crippen LogP contribution in [-0.2, 0) is 0 Å². The van der Waals surface area contributed by atoms with Crippen molar-refractivity contribution < 1.29 is 23.5 Å². The molecule has 0 saturated heterocycles. The fourth-order valence-electron chi connectivity index (χ4n) is 3.61. The van der Waals surface area contributed by atoms with E-state index in [0.29, 0.717) is 32.6 Å². The number of carbonyl (C=O) groups excluding carboxylic acids is 2. The van der Waals surface area contributed by atoms with Gasteiger partial charge in [-0.1, -0.05) is 29.8 Å². The second-order valence-electron chi connectivity index (χ2n) is 7.70. The smallest absolute Gasteiger partial charge is 0.272 e. The number of aromatic amines is 1. The second-order valence-corrected chi connectivity index (χ2v) is 8.14. The number of fused-ring (bicyclic) bond motifs is 1. The molecule has 0 aliphatic carbocycles. The minimum atomic E-state index is -2.82. The van der Waals surface area contributed by atoms with Gasteiger partial charge in [0.1, 0.15) is 5.56 Å². The highest BCUT2D eigenvalue weighted by molar-refractivity contribution is 6.30. The van der Waals surface area contributed by atoms with Crippen LogP contribution >= 0.6 is 11.6 Å². The fraction of sp³-hybridized carbons (Fsp3) is 0.200. The molecule has 4 rings (SSSR count). The molecule has 0 spiro atoms. The van der Waals surface area contributed by atoms with Crippen LogP contribution in [0.15, 0.2) is 54.7 Å². The van der Waals surface area contributed by atoms with Crippen molar-refractivity contribution in [3.63, 3.8) is 0 Å². The van der Waals surface area contributed by atoms with Gasteiger partial charge in [0.25, 0.3) is 11.8 Å². The van der Waals surface area contributed by atoms with E-state index >= 15 is 0 Å². The zero-order valence-corrected chi connectivity index (χ0v) is 19.4. The number of H-pyrrole nitrogens is 1. The standard InChI is InChI=1S/C25H24ClN5O4/c1-27-24(34)22-18-8-5-15(12-20(18)30-31-22)16-11-19(25(35-2)29-13-16)23(33)28-10-9-21(32)14-3-6-17(26)7-4-14/h3-8,11-13,21,32H,9-10H2,1-2H3,(H,27,34)(H,28,33)(H,30,31)/t21-/m0/s1/i2D3. The molecule has 2 aromatic heterocycles. The highest BCUT2D eigenvalue weighted by atomic mass is 35.5. The normalized spacial score (nSPS) is 13.4. The summed E-state index contributed by atoms with van der Waals surface area (Å²) in [7, 11) is -1.31. The maximum absolute atomic E-state index is 13.0. The van der Waals surface area contributed by atoms with Gasteiger partial charge in [-0.15, -0.1) is 0 Å². The van der Waals surface area contributed by atoms with E-state index < -0.39 is 19.0 Å². The maximum Gasteiger partial charge on any atom is 0.272 e. The summed E-state index contributed by atoms with van der Waals surface area (Å²) in [5.41, 5.74) is 2.54. The highest BCUT2D eigenvalue weighted by Gasteiger charge is 2.18. The lowest BCUT2D eigenvalue weighted by molar-refractivity contribution is 0.0935. The first-order valence-corrected chi connectivity index (χ1v) is 11.0. The summed E-state index contributed by atoms with van der Waals surface area (Å²) < 4.78 is 27.2. The number of hydrogen-bond donors (Lipinski definition) is 4. The fourth-order valence-corrected chi connectivity index (χ4v) is 3.74. The van der Waals surface area contributed by atoms with Crippen molar-refractivity contribution in [2.45, 2.75) is 12.5 Å². The van der Waals surface area contributed by atoms with E-state index in [4.69, 9.17) is 20.5 Å². The van der Waals surface area contributed by atoms with E-state index in [2.05, 4.69) is 25.8 Å². The third-order valence-corrected chi connectivity index (χ3v) is 5.74. The Kier molecular flexibility index (Phi) is 6.15. The topological polar surface area (TPSA) is 129 Å². The minimum Gasteiger partial charge on any atom is -0.480 e. The van der Waals surface area contributed by atoms with Gasteiger partial charge in [0.15, 0.2) is 5.69 Å². The number of benzene rings is 2. The zero-order valence-electron chi connectivity index (χ0n) is 21.6. The van der Waals surface area contributed by atoms with Crippen molar-refractivity contribution in [1.82, 2.24) is 25.8 Å². The number of aliphatic hydroxyl groups is 1. The van der Waals surface area contributed by atoms with E-state index in [9.17, 15) is 14.7 Å². The van der Waals surface area contributed by atoms with Crippen LogP contribution in [0.2, 0.25) is 5.02 Å². The molecule has 2 amide bonds. The molecule has 1 atom stereocenters. The van der Waals surface area contributed by atoms with Crippen molar-refractivity contribution in [3.8, 4) is 17.0 Å². The average Bonchev–Trinajstić information content (AvgIpc) is 3.31. The number of aliphatic hydroxyl groups excluding tert-OH is 1. The first kappa shape index (κ1) is 20.4. The van der Waals surface area contributed by atoms with E-state index in [1.165, 1.54) is 19.3 Å². The number of nitrogens with one attached hydrogen (secondary N) is 3. The zero-order chi connectivity index (χ0) is 27.4. The largest absolute Gasteiger partial charge is 0.480 e. The Bertz CT molecular complexity index is 1470. The molecule has 0 aliphatic heterocycles. The molecule has 0 aliphatic rings. The summed E-state index contributed by atoms with van der Waals surface area (Å²) in [6.07, 6.45) is 0.760. The van der Waals surface area contributed by atoms with Gasteiger partial charge in [0.05, 0.1) is 22.8 Å². The van der Waals surface area contributed by atoms with Crippen LogP contribution in [0.1, 0.15) is 43.0 Å². The number of ether oxygens (including phenoxy) is 1. The summed E-state index contributed by atoms with van der Waals surface area (Å²) in [4.78, 5) is 29.1. The maximum atomic E-state index is 13.0.